The highest BCUT2D eigenvalue weighted by Crippen LogP contribution is 2.22. The van der Waals surface area contributed by atoms with Gasteiger partial charge in [0.05, 0.1) is 7.11 Å². The van der Waals surface area contributed by atoms with Crippen molar-refractivity contribution in [2.45, 2.75) is 32.2 Å². The standard InChI is InChI=1S/C25H31FN2O2/c1-30-24-13-5-3-9-21(24)11-7-17-28-16-6-8-20(19-28)14-15-25(29)27-18-22-10-2-4-12-23(22)26/h2-5,7,9-13,20H,6,8,14-19H2,1H3,(H,27,29)/b11-7+/t20-/m1/s1. The molecule has 0 unspecified atom stereocenters. The number of carbonyl (C=O) groups is 1. The third-order valence-electron chi connectivity index (χ3n) is 5.62. The van der Waals surface area contributed by atoms with Crippen LogP contribution in [-0.2, 0) is 11.3 Å². The number of ether oxygens (including phenoxy) is 1. The predicted molar refractivity (Wildman–Crippen MR) is 119 cm³/mol. The summed E-state index contributed by atoms with van der Waals surface area (Å²) in [4.78, 5) is 14.6. The van der Waals surface area contributed by atoms with Crippen molar-refractivity contribution in [1.29, 1.82) is 0 Å². The molecular formula is C25H31FN2O2. The summed E-state index contributed by atoms with van der Waals surface area (Å²) in [6.45, 7) is 3.24. The molecule has 1 aliphatic rings. The lowest BCUT2D eigenvalue weighted by molar-refractivity contribution is -0.121. The number of amides is 1. The number of nitrogens with one attached hydrogen (secondary N) is 1. The fourth-order valence-electron chi connectivity index (χ4n) is 3.94. The second-order valence-corrected chi connectivity index (χ2v) is 7.82. The summed E-state index contributed by atoms with van der Waals surface area (Å²) in [5.41, 5.74) is 1.61. The van der Waals surface area contributed by atoms with Crippen LogP contribution in [0.25, 0.3) is 6.08 Å². The van der Waals surface area contributed by atoms with Crippen LogP contribution >= 0.6 is 0 Å². The molecule has 1 amide bonds. The van der Waals surface area contributed by atoms with Crippen molar-refractivity contribution >= 4 is 12.0 Å². The molecule has 0 saturated carbocycles. The van der Waals surface area contributed by atoms with E-state index in [9.17, 15) is 9.18 Å². The van der Waals surface area contributed by atoms with Crippen LogP contribution in [0, 0.1) is 11.7 Å². The number of para-hydroxylation sites is 1. The molecule has 1 fully saturated rings. The molecule has 1 atom stereocenters. The first-order valence-electron chi connectivity index (χ1n) is 10.7. The van der Waals surface area contributed by atoms with Crippen molar-refractivity contribution in [1.82, 2.24) is 10.2 Å². The minimum absolute atomic E-state index is 0.00792. The maximum atomic E-state index is 13.6. The minimum atomic E-state index is -0.276. The van der Waals surface area contributed by atoms with Gasteiger partial charge in [-0.1, -0.05) is 48.6 Å². The fourth-order valence-corrected chi connectivity index (χ4v) is 3.94. The summed E-state index contributed by atoms with van der Waals surface area (Å²) >= 11 is 0. The topological polar surface area (TPSA) is 41.6 Å². The Morgan fingerprint density at radius 2 is 2.03 bits per heavy atom. The second-order valence-electron chi connectivity index (χ2n) is 7.82. The van der Waals surface area contributed by atoms with E-state index < -0.39 is 0 Å². The Morgan fingerprint density at radius 1 is 1.23 bits per heavy atom. The number of methoxy groups -OCH3 is 1. The van der Waals surface area contributed by atoms with Crippen LogP contribution < -0.4 is 10.1 Å². The zero-order valence-corrected chi connectivity index (χ0v) is 17.6. The van der Waals surface area contributed by atoms with Gasteiger partial charge in [-0.05, 0) is 43.9 Å². The molecule has 5 heteroatoms. The molecule has 0 aromatic heterocycles. The highest BCUT2D eigenvalue weighted by atomic mass is 19.1. The summed E-state index contributed by atoms with van der Waals surface area (Å²) in [5, 5.41) is 2.84. The lowest BCUT2D eigenvalue weighted by Crippen LogP contribution is -2.36. The van der Waals surface area contributed by atoms with Gasteiger partial charge in [0.1, 0.15) is 11.6 Å². The summed E-state index contributed by atoms with van der Waals surface area (Å²) in [6.07, 6.45) is 7.97. The van der Waals surface area contributed by atoms with Gasteiger partial charge in [0.2, 0.25) is 5.91 Å². The molecule has 2 aromatic rings. The molecule has 1 aliphatic heterocycles. The van der Waals surface area contributed by atoms with Crippen molar-refractivity contribution in [2.24, 2.45) is 5.92 Å². The number of halogens is 1. The third-order valence-corrected chi connectivity index (χ3v) is 5.62. The van der Waals surface area contributed by atoms with Gasteiger partial charge in [-0.3, -0.25) is 9.69 Å². The van der Waals surface area contributed by atoms with Gasteiger partial charge in [-0.25, -0.2) is 4.39 Å². The second kappa shape index (κ2) is 11.5. The molecule has 160 valence electrons. The van der Waals surface area contributed by atoms with Crippen LogP contribution in [0.1, 0.15) is 36.8 Å². The van der Waals surface area contributed by atoms with Gasteiger partial charge in [-0.15, -0.1) is 0 Å². The molecule has 3 rings (SSSR count). The first-order valence-corrected chi connectivity index (χ1v) is 10.7. The van der Waals surface area contributed by atoms with Crippen LogP contribution in [0.2, 0.25) is 0 Å². The average Bonchev–Trinajstić information content (AvgIpc) is 2.78. The van der Waals surface area contributed by atoms with Crippen molar-refractivity contribution in [3.8, 4) is 5.75 Å². The van der Waals surface area contributed by atoms with Gasteiger partial charge < -0.3 is 10.1 Å². The van der Waals surface area contributed by atoms with Crippen molar-refractivity contribution in [3.63, 3.8) is 0 Å². The van der Waals surface area contributed by atoms with E-state index in [2.05, 4.69) is 22.4 Å². The zero-order chi connectivity index (χ0) is 21.2. The smallest absolute Gasteiger partial charge is 0.220 e. The number of benzene rings is 2. The third kappa shape index (κ3) is 6.70. The molecule has 2 aromatic carbocycles. The highest BCUT2D eigenvalue weighted by molar-refractivity contribution is 5.75. The summed E-state index contributed by atoms with van der Waals surface area (Å²) in [5.74, 6) is 1.12. The van der Waals surface area contributed by atoms with Crippen LogP contribution in [-0.4, -0.2) is 37.6 Å². The van der Waals surface area contributed by atoms with E-state index >= 15 is 0 Å². The molecule has 1 N–H and O–H groups in total. The van der Waals surface area contributed by atoms with Gasteiger partial charge in [0.15, 0.2) is 0 Å². The Labute approximate surface area is 178 Å². The predicted octanol–water partition coefficient (Wildman–Crippen LogP) is 4.66. The van der Waals surface area contributed by atoms with Gasteiger partial charge in [0, 0.05) is 37.2 Å². The maximum absolute atomic E-state index is 13.6. The summed E-state index contributed by atoms with van der Waals surface area (Å²) in [6, 6.07) is 14.6. The Bertz CT molecular complexity index is 853. The normalized spacial score (nSPS) is 17.2. The van der Waals surface area contributed by atoms with Gasteiger partial charge >= 0.3 is 0 Å². The molecule has 1 saturated heterocycles. The summed E-state index contributed by atoms with van der Waals surface area (Å²) in [7, 11) is 1.69. The number of nitrogens with zero attached hydrogens (tertiary/aromatic N) is 1. The van der Waals surface area contributed by atoms with E-state index in [0.717, 1.165) is 50.2 Å². The lowest BCUT2D eigenvalue weighted by Gasteiger charge is -2.32. The quantitative estimate of drug-likeness (QED) is 0.654. The molecule has 4 nitrogen and oxygen atoms in total. The zero-order valence-electron chi connectivity index (χ0n) is 17.6. The Balaban J connectivity index is 1.39. The fraction of sp³-hybridized carbons (Fsp3) is 0.400. The Hall–Kier alpha value is -2.66. The number of likely N-dealkylation sites (tertiary alicyclic amines) is 1. The maximum Gasteiger partial charge on any atom is 0.220 e. The van der Waals surface area contributed by atoms with Gasteiger partial charge in [0.25, 0.3) is 0 Å². The Kier molecular flexibility index (Phi) is 8.45. The lowest BCUT2D eigenvalue weighted by atomic mass is 9.93. The first kappa shape index (κ1) is 22.0. The van der Waals surface area contributed by atoms with Crippen LogP contribution in [0.5, 0.6) is 5.75 Å². The molecule has 0 bridgehead atoms. The average molecular weight is 411 g/mol. The number of rotatable bonds is 9. The Morgan fingerprint density at radius 3 is 2.87 bits per heavy atom. The molecule has 0 radical (unpaired) electrons. The largest absolute Gasteiger partial charge is 0.496 e. The van der Waals surface area contributed by atoms with Crippen molar-refractivity contribution in [3.05, 3.63) is 71.6 Å². The number of hydrogen-bond acceptors (Lipinski definition) is 3. The molecule has 0 spiro atoms. The van der Waals surface area contributed by atoms with Crippen molar-refractivity contribution < 1.29 is 13.9 Å². The monoisotopic (exact) mass is 410 g/mol. The van der Waals surface area contributed by atoms with Gasteiger partial charge in [-0.2, -0.15) is 0 Å². The first-order chi connectivity index (χ1) is 14.7. The van der Waals surface area contributed by atoms with Crippen LogP contribution in [0.15, 0.2) is 54.6 Å². The van der Waals surface area contributed by atoms with Crippen LogP contribution in [0.3, 0.4) is 0 Å². The number of hydrogen-bond donors (Lipinski definition) is 1. The SMILES string of the molecule is COc1ccccc1/C=C/CN1CCC[C@H](CCC(=O)NCc2ccccc2F)C1. The van der Waals surface area contributed by atoms with E-state index in [-0.39, 0.29) is 18.3 Å². The molecule has 1 heterocycles. The molecule has 30 heavy (non-hydrogen) atoms. The van der Waals surface area contributed by atoms with E-state index in [1.807, 2.05) is 24.3 Å². The number of carbonyl (C=O) groups excluding carboxylic acids is 1. The van der Waals surface area contributed by atoms with Crippen LogP contribution in [0.4, 0.5) is 4.39 Å². The minimum Gasteiger partial charge on any atom is -0.496 e. The molecular weight excluding hydrogens is 379 g/mol. The van der Waals surface area contributed by atoms with E-state index in [1.54, 1.807) is 25.3 Å². The summed E-state index contributed by atoms with van der Waals surface area (Å²) < 4.78 is 19.0. The van der Waals surface area contributed by atoms with E-state index in [0.29, 0.717) is 17.9 Å². The number of piperidine rings is 1. The highest BCUT2D eigenvalue weighted by Gasteiger charge is 2.19. The van der Waals surface area contributed by atoms with E-state index in [4.69, 9.17) is 4.74 Å². The molecule has 0 aliphatic carbocycles. The van der Waals surface area contributed by atoms with E-state index in [1.165, 1.54) is 6.07 Å². The van der Waals surface area contributed by atoms with Crippen molar-refractivity contribution in [2.75, 3.05) is 26.7 Å².